The lowest BCUT2D eigenvalue weighted by atomic mass is 9.83. The summed E-state index contributed by atoms with van der Waals surface area (Å²) in [6, 6.07) is 1.10. The van der Waals surface area contributed by atoms with Gasteiger partial charge >= 0.3 is 0 Å². The number of nitrogens with two attached hydrogens (primary N) is 1. The fraction of sp³-hybridized carbons (Fsp3) is 1.00. The minimum atomic E-state index is 0.432. The van der Waals surface area contributed by atoms with Gasteiger partial charge < -0.3 is 5.73 Å². The van der Waals surface area contributed by atoms with Gasteiger partial charge in [0.25, 0.3) is 0 Å². The quantitative estimate of drug-likeness (QED) is 0.778. The number of rotatable bonds is 5. The summed E-state index contributed by atoms with van der Waals surface area (Å²) in [7, 11) is 0. The number of hydrogen-bond acceptors (Lipinski definition) is 2. The molecule has 0 bridgehead atoms. The molecule has 2 nitrogen and oxygen atoms in total. The molecule has 0 aromatic carbocycles. The van der Waals surface area contributed by atoms with Crippen molar-refractivity contribution in [1.29, 1.82) is 0 Å². The third-order valence-corrected chi connectivity index (χ3v) is 4.30. The van der Waals surface area contributed by atoms with Crippen LogP contribution >= 0.6 is 0 Å². The second kappa shape index (κ2) is 5.50. The molecule has 2 aliphatic rings. The van der Waals surface area contributed by atoms with Gasteiger partial charge in [0.05, 0.1) is 0 Å². The van der Waals surface area contributed by atoms with Crippen LogP contribution < -0.4 is 5.73 Å². The summed E-state index contributed by atoms with van der Waals surface area (Å²) in [4.78, 5) is 2.71. The van der Waals surface area contributed by atoms with Gasteiger partial charge in [-0.05, 0) is 56.9 Å². The van der Waals surface area contributed by atoms with E-state index in [1.54, 1.807) is 0 Å². The van der Waals surface area contributed by atoms with Crippen LogP contribution in [0.3, 0.4) is 0 Å². The molecule has 2 heteroatoms. The fourth-order valence-electron chi connectivity index (χ4n) is 3.11. The molecule has 2 N–H and O–H groups in total. The Morgan fingerprint density at radius 2 is 1.94 bits per heavy atom. The van der Waals surface area contributed by atoms with Crippen LogP contribution in [0.2, 0.25) is 0 Å². The predicted molar refractivity (Wildman–Crippen MR) is 69.4 cm³/mol. The third-order valence-electron chi connectivity index (χ3n) is 4.30. The first-order valence-electron chi connectivity index (χ1n) is 7.20. The van der Waals surface area contributed by atoms with Crippen molar-refractivity contribution in [2.75, 3.05) is 13.1 Å². The molecule has 2 fully saturated rings. The summed E-state index contributed by atoms with van der Waals surface area (Å²) < 4.78 is 0. The van der Waals surface area contributed by atoms with Crippen molar-refractivity contribution in [3.05, 3.63) is 0 Å². The molecular formula is C14H28N2. The average Bonchev–Trinajstić information content (AvgIpc) is 3.05. The highest BCUT2D eigenvalue weighted by Crippen LogP contribution is 2.33. The van der Waals surface area contributed by atoms with Crippen LogP contribution in [0, 0.1) is 11.8 Å². The van der Waals surface area contributed by atoms with Gasteiger partial charge in [-0.2, -0.15) is 0 Å². The molecule has 3 atom stereocenters. The Balaban J connectivity index is 1.92. The van der Waals surface area contributed by atoms with E-state index in [0.717, 1.165) is 11.8 Å². The summed E-state index contributed by atoms with van der Waals surface area (Å²) in [5.41, 5.74) is 6.33. The monoisotopic (exact) mass is 224 g/mol. The Morgan fingerprint density at radius 3 is 2.56 bits per heavy atom. The summed E-state index contributed by atoms with van der Waals surface area (Å²) in [6.07, 6.45) is 8.07. The summed E-state index contributed by atoms with van der Waals surface area (Å²) in [5, 5.41) is 0. The van der Waals surface area contributed by atoms with Gasteiger partial charge in [0.1, 0.15) is 0 Å². The Morgan fingerprint density at radius 1 is 1.19 bits per heavy atom. The van der Waals surface area contributed by atoms with Gasteiger partial charge in [-0.3, -0.25) is 4.90 Å². The summed E-state index contributed by atoms with van der Waals surface area (Å²) >= 11 is 0. The van der Waals surface area contributed by atoms with Gasteiger partial charge in [0, 0.05) is 18.6 Å². The van der Waals surface area contributed by atoms with Gasteiger partial charge in [0.15, 0.2) is 0 Å². The number of hydrogen-bond donors (Lipinski definition) is 1. The van der Waals surface area contributed by atoms with Crippen molar-refractivity contribution in [2.45, 2.75) is 64.5 Å². The van der Waals surface area contributed by atoms with Crippen LogP contribution in [0.15, 0.2) is 0 Å². The van der Waals surface area contributed by atoms with Gasteiger partial charge in [-0.15, -0.1) is 0 Å². The Kier molecular flexibility index (Phi) is 4.26. The van der Waals surface area contributed by atoms with E-state index in [9.17, 15) is 0 Å². The average molecular weight is 224 g/mol. The van der Waals surface area contributed by atoms with Crippen molar-refractivity contribution >= 4 is 0 Å². The largest absolute Gasteiger partial charge is 0.326 e. The molecule has 0 radical (unpaired) electrons. The second-order valence-corrected chi connectivity index (χ2v) is 6.09. The van der Waals surface area contributed by atoms with E-state index in [0.29, 0.717) is 12.1 Å². The molecule has 0 saturated heterocycles. The second-order valence-electron chi connectivity index (χ2n) is 6.09. The molecule has 0 heterocycles. The fourth-order valence-corrected chi connectivity index (χ4v) is 3.11. The molecule has 2 rings (SSSR count). The van der Waals surface area contributed by atoms with Crippen LogP contribution in [-0.2, 0) is 0 Å². The molecule has 94 valence electrons. The molecule has 0 amide bonds. The van der Waals surface area contributed by atoms with E-state index in [2.05, 4.69) is 18.7 Å². The van der Waals surface area contributed by atoms with Crippen LogP contribution in [0.4, 0.5) is 0 Å². The maximum Gasteiger partial charge on any atom is 0.0249 e. The molecule has 2 saturated carbocycles. The molecular weight excluding hydrogens is 196 g/mol. The SMILES string of the molecule is CCCN(CC1CC1)C1CC(C)CCC1N. The minimum absolute atomic E-state index is 0.432. The van der Waals surface area contributed by atoms with Crippen molar-refractivity contribution in [1.82, 2.24) is 4.90 Å². The number of nitrogens with zero attached hydrogens (tertiary/aromatic N) is 1. The van der Waals surface area contributed by atoms with Crippen LogP contribution in [0.1, 0.15) is 52.4 Å². The van der Waals surface area contributed by atoms with Crippen molar-refractivity contribution in [2.24, 2.45) is 17.6 Å². The van der Waals surface area contributed by atoms with Gasteiger partial charge in [0.2, 0.25) is 0 Å². The lowest BCUT2D eigenvalue weighted by molar-refractivity contribution is 0.111. The van der Waals surface area contributed by atoms with E-state index in [1.807, 2.05) is 0 Å². The summed E-state index contributed by atoms with van der Waals surface area (Å²) in [6.45, 7) is 7.25. The first kappa shape index (κ1) is 12.4. The highest BCUT2D eigenvalue weighted by Gasteiger charge is 2.33. The van der Waals surface area contributed by atoms with Gasteiger partial charge in [-0.25, -0.2) is 0 Å². The van der Waals surface area contributed by atoms with E-state index in [-0.39, 0.29) is 0 Å². The van der Waals surface area contributed by atoms with Crippen molar-refractivity contribution < 1.29 is 0 Å². The van der Waals surface area contributed by atoms with E-state index in [4.69, 9.17) is 5.73 Å². The van der Waals surface area contributed by atoms with Crippen molar-refractivity contribution in [3.63, 3.8) is 0 Å². The molecule has 0 aliphatic heterocycles. The molecule has 3 unspecified atom stereocenters. The molecule has 2 aliphatic carbocycles. The Labute approximate surface area is 101 Å². The highest BCUT2D eigenvalue weighted by atomic mass is 15.2. The van der Waals surface area contributed by atoms with Gasteiger partial charge in [-0.1, -0.05) is 13.8 Å². The smallest absolute Gasteiger partial charge is 0.0249 e. The van der Waals surface area contributed by atoms with E-state index >= 15 is 0 Å². The Hall–Kier alpha value is -0.0800. The zero-order valence-corrected chi connectivity index (χ0v) is 11.0. The van der Waals surface area contributed by atoms with Crippen LogP contribution in [0.25, 0.3) is 0 Å². The third kappa shape index (κ3) is 3.21. The van der Waals surface area contributed by atoms with Crippen LogP contribution in [-0.4, -0.2) is 30.1 Å². The molecule has 0 aromatic rings. The molecule has 0 spiro atoms. The predicted octanol–water partition coefficient (Wildman–Crippen LogP) is 2.62. The van der Waals surface area contributed by atoms with Crippen LogP contribution in [0.5, 0.6) is 0 Å². The van der Waals surface area contributed by atoms with E-state index < -0.39 is 0 Å². The first-order chi connectivity index (χ1) is 7.70. The topological polar surface area (TPSA) is 29.3 Å². The maximum absolute atomic E-state index is 6.33. The first-order valence-corrected chi connectivity index (χ1v) is 7.20. The molecule has 16 heavy (non-hydrogen) atoms. The standard InChI is InChI=1S/C14H28N2/c1-3-8-16(10-12-5-6-12)14-9-11(2)4-7-13(14)15/h11-14H,3-10,15H2,1-2H3. The Bertz CT molecular complexity index is 213. The molecule has 0 aromatic heterocycles. The lowest BCUT2D eigenvalue weighted by Gasteiger charge is -2.40. The normalized spacial score (nSPS) is 35.6. The summed E-state index contributed by atoms with van der Waals surface area (Å²) in [5.74, 6) is 1.87. The lowest BCUT2D eigenvalue weighted by Crippen LogP contribution is -2.51. The van der Waals surface area contributed by atoms with Crippen molar-refractivity contribution in [3.8, 4) is 0 Å². The minimum Gasteiger partial charge on any atom is -0.326 e. The maximum atomic E-state index is 6.33. The zero-order chi connectivity index (χ0) is 11.5. The highest BCUT2D eigenvalue weighted by molar-refractivity contribution is 4.90. The zero-order valence-electron chi connectivity index (χ0n) is 11.0. The van der Waals surface area contributed by atoms with E-state index in [1.165, 1.54) is 51.6 Å².